The van der Waals surface area contributed by atoms with E-state index in [9.17, 15) is 14.4 Å². The minimum atomic E-state index is -0.426. The fourth-order valence-electron chi connectivity index (χ4n) is 2.97. The first kappa shape index (κ1) is 23.0. The Hall–Kier alpha value is -2.28. The summed E-state index contributed by atoms with van der Waals surface area (Å²) < 4.78 is 0. The molecule has 2 rings (SSSR count). The van der Waals surface area contributed by atoms with E-state index in [4.69, 9.17) is 11.6 Å². The van der Waals surface area contributed by atoms with Crippen molar-refractivity contribution in [3.05, 3.63) is 29.3 Å². The standard InChI is InChI=1S/C21H31ClN4O3/c1-21(2,3)19(28)23-11-4-6-18(27)25-12-5-13-26(15-14-25)20(29)24-17-9-7-16(22)8-10-17/h7-10H,4-6,11-15H2,1-3H3,(H,23,28)(H,24,29). The number of hydrogen-bond acceptors (Lipinski definition) is 3. The molecule has 0 aromatic heterocycles. The predicted molar refractivity (Wildman–Crippen MR) is 115 cm³/mol. The fraction of sp³-hybridized carbons (Fsp3) is 0.571. The first-order valence-electron chi connectivity index (χ1n) is 10.0. The van der Waals surface area contributed by atoms with Crippen LogP contribution in [0.15, 0.2) is 24.3 Å². The largest absolute Gasteiger partial charge is 0.356 e. The number of anilines is 1. The summed E-state index contributed by atoms with van der Waals surface area (Å²) in [7, 11) is 0. The maximum Gasteiger partial charge on any atom is 0.321 e. The van der Waals surface area contributed by atoms with E-state index < -0.39 is 5.41 Å². The normalized spacial score (nSPS) is 14.9. The highest BCUT2D eigenvalue weighted by Crippen LogP contribution is 2.15. The lowest BCUT2D eigenvalue weighted by Crippen LogP contribution is -2.39. The molecule has 0 unspecified atom stereocenters. The maximum absolute atomic E-state index is 12.5. The third kappa shape index (κ3) is 7.57. The molecule has 8 heteroatoms. The molecule has 1 aromatic carbocycles. The molecule has 2 N–H and O–H groups in total. The van der Waals surface area contributed by atoms with Gasteiger partial charge in [0.1, 0.15) is 0 Å². The molecule has 160 valence electrons. The SMILES string of the molecule is CC(C)(C)C(=O)NCCCC(=O)N1CCCN(C(=O)Nc2ccc(Cl)cc2)CC1. The Kier molecular flexibility index (Phi) is 8.32. The van der Waals surface area contributed by atoms with Gasteiger partial charge in [0, 0.05) is 55.3 Å². The van der Waals surface area contributed by atoms with Crippen LogP contribution >= 0.6 is 11.6 Å². The molecule has 7 nitrogen and oxygen atoms in total. The average Bonchev–Trinajstić information content (AvgIpc) is 2.92. The molecule has 4 amide bonds. The van der Waals surface area contributed by atoms with Gasteiger partial charge >= 0.3 is 6.03 Å². The minimum absolute atomic E-state index is 0.0120. The quantitative estimate of drug-likeness (QED) is 0.714. The first-order valence-corrected chi connectivity index (χ1v) is 10.4. The Bertz CT molecular complexity index is 716. The molecular weight excluding hydrogens is 392 g/mol. The van der Waals surface area contributed by atoms with Crippen molar-refractivity contribution in [3.8, 4) is 0 Å². The second kappa shape index (κ2) is 10.5. The van der Waals surface area contributed by atoms with E-state index in [1.165, 1.54) is 0 Å². The monoisotopic (exact) mass is 422 g/mol. The van der Waals surface area contributed by atoms with Crippen molar-refractivity contribution >= 4 is 35.1 Å². The van der Waals surface area contributed by atoms with Crippen LogP contribution in [0.4, 0.5) is 10.5 Å². The van der Waals surface area contributed by atoms with Gasteiger partial charge in [-0.25, -0.2) is 4.79 Å². The van der Waals surface area contributed by atoms with Crippen LogP contribution in [-0.4, -0.2) is 60.4 Å². The molecule has 0 saturated carbocycles. The van der Waals surface area contributed by atoms with Gasteiger partial charge in [-0.2, -0.15) is 0 Å². The summed E-state index contributed by atoms with van der Waals surface area (Å²) in [6.45, 7) is 8.32. The molecule has 0 bridgehead atoms. The topological polar surface area (TPSA) is 81.8 Å². The third-order valence-corrected chi connectivity index (χ3v) is 5.02. The lowest BCUT2D eigenvalue weighted by atomic mass is 9.96. The molecule has 1 saturated heterocycles. The van der Waals surface area contributed by atoms with E-state index in [0.717, 1.165) is 6.42 Å². The summed E-state index contributed by atoms with van der Waals surface area (Å²) in [5, 5.41) is 6.34. The Morgan fingerprint density at radius 3 is 2.28 bits per heavy atom. The lowest BCUT2D eigenvalue weighted by Gasteiger charge is -2.23. The van der Waals surface area contributed by atoms with Crippen molar-refractivity contribution in [1.82, 2.24) is 15.1 Å². The molecule has 1 aromatic rings. The van der Waals surface area contributed by atoms with Crippen LogP contribution in [0.1, 0.15) is 40.0 Å². The highest BCUT2D eigenvalue weighted by molar-refractivity contribution is 6.30. The number of urea groups is 1. The van der Waals surface area contributed by atoms with Gasteiger partial charge < -0.3 is 20.4 Å². The van der Waals surface area contributed by atoms with Gasteiger partial charge in [-0.05, 0) is 37.1 Å². The van der Waals surface area contributed by atoms with E-state index in [1.54, 1.807) is 34.1 Å². The first-order chi connectivity index (χ1) is 13.7. The number of carbonyl (C=O) groups is 3. The zero-order valence-electron chi connectivity index (χ0n) is 17.5. The van der Waals surface area contributed by atoms with Gasteiger partial charge in [0.05, 0.1) is 0 Å². The highest BCUT2D eigenvalue weighted by atomic mass is 35.5. The molecule has 1 fully saturated rings. The fourth-order valence-corrected chi connectivity index (χ4v) is 3.10. The second-order valence-corrected chi connectivity index (χ2v) is 8.70. The van der Waals surface area contributed by atoms with Crippen LogP contribution in [0.5, 0.6) is 0 Å². The van der Waals surface area contributed by atoms with Gasteiger partial charge in [0.25, 0.3) is 0 Å². The molecule has 1 aliphatic rings. The zero-order valence-corrected chi connectivity index (χ0v) is 18.2. The van der Waals surface area contributed by atoms with Crippen LogP contribution in [-0.2, 0) is 9.59 Å². The molecule has 0 aliphatic carbocycles. The maximum atomic E-state index is 12.5. The Morgan fingerprint density at radius 1 is 1.00 bits per heavy atom. The predicted octanol–water partition coefficient (Wildman–Crippen LogP) is 3.35. The van der Waals surface area contributed by atoms with Gasteiger partial charge in [-0.3, -0.25) is 9.59 Å². The molecular formula is C21H31ClN4O3. The summed E-state index contributed by atoms with van der Waals surface area (Å²) in [6, 6.07) is 6.79. The van der Waals surface area contributed by atoms with Crippen LogP contribution in [0.2, 0.25) is 5.02 Å². The van der Waals surface area contributed by atoms with Gasteiger partial charge in [-0.15, -0.1) is 0 Å². The van der Waals surface area contributed by atoms with Crippen LogP contribution < -0.4 is 10.6 Å². The number of benzene rings is 1. The highest BCUT2D eigenvalue weighted by Gasteiger charge is 2.23. The smallest absolute Gasteiger partial charge is 0.321 e. The number of halogens is 1. The Labute approximate surface area is 177 Å². The zero-order chi connectivity index (χ0) is 21.4. The minimum Gasteiger partial charge on any atom is -0.356 e. The van der Waals surface area contributed by atoms with E-state index in [-0.39, 0.29) is 17.8 Å². The van der Waals surface area contributed by atoms with Crippen molar-refractivity contribution in [2.24, 2.45) is 5.41 Å². The van der Waals surface area contributed by atoms with Gasteiger partial charge in [0.15, 0.2) is 0 Å². The number of nitrogens with zero attached hydrogens (tertiary/aromatic N) is 2. The van der Waals surface area contributed by atoms with E-state index in [1.807, 2.05) is 20.8 Å². The summed E-state index contributed by atoms with van der Waals surface area (Å²) in [5.74, 6) is 0.0528. The van der Waals surface area contributed by atoms with Crippen molar-refractivity contribution in [1.29, 1.82) is 0 Å². The number of nitrogens with one attached hydrogen (secondary N) is 2. The van der Waals surface area contributed by atoms with Crippen LogP contribution in [0.25, 0.3) is 0 Å². The van der Waals surface area contributed by atoms with Crippen LogP contribution in [0, 0.1) is 5.41 Å². The lowest BCUT2D eigenvalue weighted by molar-refractivity contribution is -0.132. The molecule has 0 atom stereocenters. The Morgan fingerprint density at radius 2 is 1.62 bits per heavy atom. The molecule has 0 radical (unpaired) electrons. The number of rotatable bonds is 5. The molecule has 1 heterocycles. The van der Waals surface area contributed by atoms with Crippen molar-refractivity contribution in [2.75, 3.05) is 38.0 Å². The number of carbonyl (C=O) groups excluding carboxylic acids is 3. The van der Waals surface area contributed by atoms with Crippen molar-refractivity contribution in [3.63, 3.8) is 0 Å². The third-order valence-electron chi connectivity index (χ3n) is 4.77. The van der Waals surface area contributed by atoms with E-state index in [0.29, 0.717) is 56.3 Å². The van der Waals surface area contributed by atoms with Gasteiger partial charge in [-0.1, -0.05) is 32.4 Å². The Balaban J connectivity index is 1.74. The summed E-state index contributed by atoms with van der Waals surface area (Å²) in [6.07, 6.45) is 1.74. The van der Waals surface area contributed by atoms with Gasteiger partial charge in [0.2, 0.25) is 11.8 Å². The summed E-state index contributed by atoms with van der Waals surface area (Å²) in [4.78, 5) is 40.3. The van der Waals surface area contributed by atoms with Crippen molar-refractivity contribution in [2.45, 2.75) is 40.0 Å². The number of hydrogen-bond donors (Lipinski definition) is 2. The van der Waals surface area contributed by atoms with Crippen molar-refractivity contribution < 1.29 is 14.4 Å². The summed E-state index contributed by atoms with van der Waals surface area (Å²) >= 11 is 5.86. The number of amides is 4. The molecule has 0 spiro atoms. The van der Waals surface area contributed by atoms with E-state index >= 15 is 0 Å². The molecule has 29 heavy (non-hydrogen) atoms. The van der Waals surface area contributed by atoms with Crippen LogP contribution in [0.3, 0.4) is 0 Å². The summed E-state index contributed by atoms with van der Waals surface area (Å²) in [5.41, 5.74) is 0.263. The molecule has 1 aliphatic heterocycles. The second-order valence-electron chi connectivity index (χ2n) is 8.27. The average molecular weight is 423 g/mol. The van der Waals surface area contributed by atoms with E-state index in [2.05, 4.69) is 10.6 Å².